The Bertz CT molecular complexity index is 458. The van der Waals surface area contributed by atoms with Crippen LogP contribution in [0.25, 0.3) is 0 Å². The molecule has 1 N–H and O–H groups in total. The lowest BCUT2D eigenvalue weighted by atomic mass is 9.97. The Labute approximate surface area is 198 Å². The normalized spacial score (nSPS) is 12.3. The topological polar surface area (TPSA) is 63.6 Å². The second-order valence-electron chi connectivity index (χ2n) is 9.25. The van der Waals surface area contributed by atoms with Crippen LogP contribution in [0.15, 0.2) is 12.2 Å². The minimum Gasteiger partial charge on any atom is -0.481 e. The highest BCUT2D eigenvalue weighted by Crippen LogP contribution is 2.18. The summed E-state index contributed by atoms with van der Waals surface area (Å²) < 4.78 is 5.14. The Hall–Kier alpha value is -1.32. The molecule has 0 aromatic rings. The molecule has 0 fully saturated rings. The summed E-state index contributed by atoms with van der Waals surface area (Å²) in [6.07, 6.45) is 27.7. The lowest BCUT2D eigenvalue weighted by Crippen LogP contribution is -2.21. The summed E-state index contributed by atoms with van der Waals surface area (Å²) in [6, 6.07) is 0. The van der Waals surface area contributed by atoms with E-state index >= 15 is 0 Å². The van der Waals surface area contributed by atoms with Crippen LogP contribution < -0.4 is 0 Å². The summed E-state index contributed by atoms with van der Waals surface area (Å²) in [7, 11) is 0. The Morgan fingerprint density at radius 1 is 0.688 bits per heavy atom. The van der Waals surface area contributed by atoms with Crippen LogP contribution in [0.4, 0.5) is 0 Å². The molecule has 0 aliphatic heterocycles. The van der Waals surface area contributed by atoms with Crippen molar-refractivity contribution in [2.45, 2.75) is 142 Å². The molecular formula is C28H52O4. The number of hydrogen-bond donors (Lipinski definition) is 1. The molecule has 0 heterocycles. The van der Waals surface area contributed by atoms with Gasteiger partial charge in [-0.2, -0.15) is 0 Å². The number of carboxylic acid groups (broad SMARTS) is 1. The summed E-state index contributed by atoms with van der Waals surface area (Å²) in [5.41, 5.74) is 0. The molecule has 0 rings (SSSR count). The fourth-order valence-corrected chi connectivity index (χ4v) is 4.00. The number of ether oxygens (including phenoxy) is 1. The predicted octanol–water partition coefficient (Wildman–Crippen LogP) is 8.63. The van der Waals surface area contributed by atoms with Gasteiger partial charge in [-0.3, -0.25) is 9.59 Å². The van der Waals surface area contributed by atoms with Crippen LogP contribution in [0.1, 0.15) is 142 Å². The minimum absolute atomic E-state index is 0.116. The Morgan fingerprint density at radius 2 is 1.16 bits per heavy atom. The Balaban J connectivity index is 3.49. The summed E-state index contributed by atoms with van der Waals surface area (Å²) in [5, 5.41) is 9.00. The number of carboxylic acids is 1. The van der Waals surface area contributed by atoms with Crippen LogP contribution in [0.3, 0.4) is 0 Å². The summed E-state index contributed by atoms with van der Waals surface area (Å²) in [4.78, 5) is 22.9. The van der Waals surface area contributed by atoms with E-state index in [1.54, 1.807) is 0 Å². The third-order valence-corrected chi connectivity index (χ3v) is 6.02. The monoisotopic (exact) mass is 452 g/mol. The lowest BCUT2D eigenvalue weighted by Gasteiger charge is -2.13. The number of allylic oxidation sites excluding steroid dienone is 2. The van der Waals surface area contributed by atoms with E-state index in [1.807, 2.05) is 6.92 Å². The van der Waals surface area contributed by atoms with Crippen LogP contribution in [0.5, 0.6) is 0 Å². The zero-order valence-corrected chi connectivity index (χ0v) is 21.3. The second-order valence-corrected chi connectivity index (χ2v) is 9.25. The summed E-state index contributed by atoms with van der Waals surface area (Å²) in [5.74, 6) is -1.75. The third kappa shape index (κ3) is 21.9. The van der Waals surface area contributed by atoms with Gasteiger partial charge >= 0.3 is 11.9 Å². The van der Waals surface area contributed by atoms with Gasteiger partial charge in [-0.1, -0.05) is 109 Å². The molecule has 0 radical (unpaired) electrons. The van der Waals surface area contributed by atoms with E-state index in [1.165, 1.54) is 89.9 Å². The van der Waals surface area contributed by atoms with Crippen LogP contribution in [-0.2, 0) is 14.3 Å². The average Bonchev–Trinajstić information content (AvgIpc) is 2.77. The summed E-state index contributed by atoms with van der Waals surface area (Å²) in [6.45, 7) is 4.59. The van der Waals surface area contributed by atoms with Crippen molar-refractivity contribution in [3.63, 3.8) is 0 Å². The molecular weight excluding hydrogens is 400 g/mol. The van der Waals surface area contributed by atoms with Crippen molar-refractivity contribution in [2.24, 2.45) is 5.92 Å². The fourth-order valence-electron chi connectivity index (χ4n) is 4.00. The second kappa shape index (κ2) is 24.3. The van der Waals surface area contributed by atoms with Crippen molar-refractivity contribution < 1.29 is 19.4 Å². The maximum atomic E-state index is 12.0. The van der Waals surface area contributed by atoms with Gasteiger partial charge in [-0.15, -0.1) is 0 Å². The zero-order valence-electron chi connectivity index (χ0n) is 21.3. The lowest BCUT2D eigenvalue weighted by molar-refractivity contribution is -0.153. The first-order chi connectivity index (χ1) is 15.6. The van der Waals surface area contributed by atoms with Gasteiger partial charge in [0.15, 0.2) is 0 Å². The standard InChI is InChI=1S/C28H52O4/c1-3-5-6-7-8-9-10-11-12-13-14-15-16-17-18-19-20-21-22-23-26(25-27(29)30)28(31)32-24-4-2/h13-14,26H,3-12,15-25H2,1-2H3,(H,29,30)/b14-13+. The highest BCUT2D eigenvalue weighted by atomic mass is 16.5. The Kier molecular flexibility index (Phi) is 23.3. The van der Waals surface area contributed by atoms with Crippen LogP contribution in [-0.4, -0.2) is 23.7 Å². The molecule has 0 aliphatic rings. The molecule has 32 heavy (non-hydrogen) atoms. The first kappa shape index (κ1) is 30.7. The van der Waals surface area contributed by atoms with Gasteiger partial charge in [0.05, 0.1) is 18.9 Å². The van der Waals surface area contributed by atoms with Crippen molar-refractivity contribution in [3.05, 3.63) is 12.2 Å². The maximum absolute atomic E-state index is 12.0. The molecule has 188 valence electrons. The van der Waals surface area contributed by atoms with Crippen LogP contribution >= 0.6 is 0 Å². The van der Waals surface area contributed by atoms with Gasteiger partial charge in [-0.25, -0.2) is 0 Å². The van der Waals surface area contributed by atoms with Gasteiger partial charge in [0.2, 0.25) is 0 Å². The zero-order chi connectivity index (χ0) is 23.7. The first-order valence-corrected chi connectivity index (χ1v) is 13.6. The van der Waals surface area contributed by atoms with Crippen molar-refractivity contribution in [1.82, 2.24) is 0 Å². The number of hydrogen-bond acceptors (Lipinski definition) is 3. The highest BCUT2D eigenvalue weighted by Gasteiger charge is 2.22. The number of esters is 1. The molecule has 0 aromatic carbocycles. The molecule has 1 atom stereocenters. The van der Waals surface area contributed by atoms with Crippen molar-refractivity contribution in [2.75, 3.05) is 6.61 Å². The van der Waals surface area contributed by atoms with Crippen LogP contribution in [0, 0.1) is 5.92 Å². The molecule has 0 spiro atoms. The van der Waals surface area contributed by atoms with E-state index in [-0.39, 0.29) is 12.4 Å². The van der Waals surface area contributed by atoms with Gasteiger partial charge in [0.25, 0.3) is 0 Å². The number of unbranched alkanes of at least 4 members (excludes halogenated alkanes) is 15. The first-order valence-electron chi connectivity index (χ1n) is 13.6. The number of rotatable bonds is 24. The van der Waals surface area contributed by atoms with Gasteiger partial charge in [-0.05, 0) is 38.5 Å². The molecule has 0 aromatic heterocycles. The molecule has 1 unspecified atom stereocenters. The molecule has 0 bridgehead atoms. The van der Waals surface area contributed by atoms with E-state index in [9.17, 15) is 9.59 Å². The molecule has 0 amide bonds. The van der Waals surface area contributed by atoms with Crippen molar-refractivity contribution in [1.29, 1.82) is 0 Å². The summed E-state index contributed by atoms with van der Waals surface area (Å²) >= 11 is 0. The Morgan fingerprint density at radius 3 is 1.62 bits per heavy atom. The largest absolute Gasteiger partial charge is 0.481 e. The van der Waals surface area contributed by atoms with Crippen molar-refractivity contribution in [3.8, 4) is 0 Å². The maximum Gasteiger partial charge on any atom is 0.309 e. The third-order valence-electron chi connectivity index (χ3n) is 6.02. The highest BCUT2D eigenvalue weighted by molar-refractivity contribution is 5.79. The molecule has 4 heteroatoms. The van der Waals surface area contributed by atoms with Crippen LogP contribution in [0.2, 0.25) is 0 Å². The van der Waals surface area contributed by atoms with E-state index < -0.39 is 11.9 Å². The van der Waals surface area contributed by atoms with Gasteiger partial charge in [0, 0.05) is 0 Å². The van der Waals surface area contributed by atoms with E-state index in [2.05, 4.69) is 19.1 Å². The average molecular weight is 453 g/mol. The van der Waals surface area contributed by atoms with E-state index in [4.69, 9.17) is 9.84 Å². The molecule has 0 saturated heterocycles. The molecule has 4 nitrogen and oxygen atoms in total. The van der Waals surface area contributed by atoms with Gasteiger partial charge < -0.3 is 9.84 Å². The SMILES string of the molecule is CCCCCCCCCC/C=C/CCCCCCCCCC(CC(=O)O)C(=O)OCCC. The number of carbonyl (C=O) groups is 2. The fraction of sp³-hybridized carbons (Fsp3) is 0.857. The van der Waals surface area contributed by atoms with Crippen molar-refractivity contribution >= 4 is 11.9 Å². The smallest absolute Gasteiger partial charge is 0.309 e. The minimum atomic E-state index is -0.921. The predicted molar refractivity (Wildman–Crippen MR) is 135 cm³/mol. The number of carbonyl (C=O) groups excluding carboxylic acids is 1. The molecule has 0 saturated carbocycles. The van der Waals surface area contributed by atoms with E-state index in [0.717, 1.165) is 25.7 Å². The van der Waals surface area contributed by atoms with E-state index in [0.29, 0.717) is 13.0 Å². The number of aliphatic carboxylic acids is 1. The quantitative estimate of drug-likeness (QED) is 0.0904. The molecule has 0 aliphatic carbocycles. The van der Waals surface area contributed by atoms with Gasteiger partial charge in [0.1, 0.15) is 0 Å².